The van der Waals surface area contributed by atoms with Crippen molar-refractivity contribution in [3.63, 3.8) is 0 Å². The van der Waals surface area contributed by atoms with Gasteiger partial charge in [-0.1, -0.05) is 30.3 Å². The van der Waals surface area contributed by atoms with E-state index in [9.17, 15) is 0 Å². The predicted molar refractivity (Wildman–Crippen MR) is 83.6 cm³/mol. The zero-order valence-corrected chi connectivity index (χ0v) is 12.4. The van der Waals surface area contributed by atoms with Crippen LogP contribution >= 0.6 is 0 Å². The van der Waals surface area contributed by atoms with Gasteiger partial charge in [-0.3, -0.25) is 5.10 Å². The van der Waals surface area contributed by atoms with E-state index in [0.29, 0.717) is 6.61 Å². The monoisotopic (exact) mass is 295 g/mol. The summed E-state index contributed by atoms with van der Waals surface area (Å²) in [5, 5.41) is 7.90. The third-order valence-corrected chi connectivity index (χ3v) is 4.19. The van der Waals surface area contributed by atoms with Gasteiger partial charge in [-0.25, -0.2) is 9.97 Å². The summed E-state index contributed by atoms with van der Waals surface area (Å²) in [7, 11) is 0. The summed E-state index contributed by atoms with van der Waals surface area (Å²) >= 11 is 0. The summed E-state index contributed by atoms with van der Waals surface area (Å²) in [6.45, 7) is 4.34. The highest BCUT2D eigenvalue weighted by Gasteiger charge is 2.34. The van der Waals surface area contributed by atoms with Crippen LogP contribution < -0.4 is 4.90 Å². The molecule has 0 radical (unpaired) electrons. The largest absolute Gasteiger partial charge is 0.367 e. The van der Waals surface area contributed by atoms with Gasteiger partial charge in [0.2, 0.25) is 0 Å². The van der Waals surface area contributed by atoms with Crippen LogP contribution in [0, 0.1) is 0 Å². The van der Waals surface area contributed by atoms with Gasteiger partial charge in [0.25, 0.3) is 0 Å². The van der Waals surface area contributed by atoms with Crippen molar-refractivity contribution in [1.29, 1.82) is 0 Å². The molecule has 1 saturated heterocycles. The number of fused-ring (bicyclic) bond motifs is 1. The maximum atomic E-state index is 6.09. The van der Waals surface area contributed by atoms with Gasteiger partial charge in [-0.15, -0.1) is 0 Å². The standard InChI is InChI=1S/C16H17N5O/c1-16(12-5-3-2-4-6-12)10-21(7-8-22-16)15-13-9-19-20-14(13)17-11-18-15/h2-6,9,11H,7-8,10H2,1H3,(H,17,18,19,20). The Morgan fingerprint density at radius 2 is 2.09 bits per heavy atom. The third-order valence-electron chi connectivity index (χ3n) is 4.19. The van der Waals surface area contributed by atoms with Crippen LogP contribution in [0.2, 0.25) is 0 Å². The number of nitrogens with one attached hydrogen (secondary N) is 1. The molecule has 112 valence electrons. The van der Waals surface area contributed by atoms with E-state index in [1.165, 1.54) is 5.56 Å². The lowest BCUT2D eigenvalue weighted by atomic mass is 9.94. The molecule has 0 aliphatic carbocycles. The summed E-state index contributed by atoms with van der Waals surface area (Å²) in [5.41, 5.74) is 1.59. The van der Waals surface area contributed by atoms with Crippen molar-refractivity contribution in [2.45, 2.75) is 12.5 Å². The molecule has 1 atom stereocenters. The van der Waals surface area contributed by atoms with Crippen molar-refractivity contribution in [3.05, 3.63) is 48.4 Å². The van der Waals surface area contributed by atoms with Gasteiger partial charge in [0, 0.05) is 6.54 Å². The van der Waals surface area contributed by atoms with Gasteiger partial charge >= 0.3 is 0 Å². The number of benzene rings is 1. The first-order valence-corrected chi connectivity index (χ1v) is 7.35. The summed E-state index contributed by atoms with van der Waals surface area (Å²) < 4.78 is 6.09. The number of morpholine rings is 1. The molecule has 1 fully saturated rings. The highest BCUT2D eigenvalue weighted by atomic mass is 16.5. The van der Waals surface area contributed by atoms with Crippen molar-refractivity contribution in [2.24, 2.45) is 0 Å². The van der Waals surface area contributed by atoms with Gasteiger partial charge in [0.05, 0.1) is 24.7 Å². The van der Waals surface area contributed by atoms with E-state index in [-0.39, 0.29) is 5.60 Å². The second-order valence-corrected chi connectivity index (χ2v) is 5.70. The number of hydrogen-bond acceptors (Lipinski definition) is 5. The third kappa shape index (κ3) is 2.12. The van der Waals surface area contributed by atoms with Crippen LogP contribution in [-0.2, 0) is 10.3 Å². The molecule has 0 saturated carbocycles. The smallest absolute Gasteiger partial charge is 0.160 e. The minimum atomic E-state index is -0.347. The average Bonchev–Trinajstić information content (AvgIpc) is 3.04. The molecule has 3 aromatic rings. The maximum Gasteiger partial charge on any atom is 0.160 e. The first-order valence-electron chi connectivity index (χ1n) is 7.35. The normalized spacial score (nSPS) is 22.1. The molecule has 1 aliphatic rings. The molecule has 0 bridgehead atoms. The number of nitrogens with zero attached hydrogens (tertiary/aromatic N) is 4. The van der Waals surface area contributed by atoms with Gasteiger partial charge in [-0.2, -0.15) is 5.10 Å². The maximum absolute atomic E-state index is 6.09. The number of rotatable bonds is 2. The Morgan fingerprint density at radius 3 is 2.95 bits per heavy atom. The van der Waals surface area contributed by atoms with Gasteiger partial charge in [0.15, 0.2) is 5.65 Å². The summed E-state index contributed by atoms with van der Waals surface area (Å²) in [4.78, 5) is 10.9. The van der Waals surface area contributed by atoms with Crippen molar-refractivity contribution in [3.8, 4) is 0 Å². The Balaban J connectivity index is 1.71. The van der Waals surface area contributed by atoms with Crippen LogP contribution in [0.3, 0.4) is 0 Å². The number of hydrogen-bond donors (Lipinski definition) is 1. The summed E-state index contributed by atoms with van der Waals surface area (Å²) in [6, 6.07) is 10.3. The summed E-state index contributed by atoms with van der Waals surface area (Å²) in [6.07, 6.45) is 3.35. The summed E-state index contributed by atoms with van der Waals surface area (Å²) in [5.74, 6) is 0.907. The number of H-pyrrole nitrogens is 1. The Kier molecular flexibility index (Phi) is 3.04. The number of aromatic amines is 1. The molecule has 22 heavy (non-hydrogen) atoms. The van der Waals surface area contributed by atoms with Crippen LogP contribution in [0.4, 0.5) is 5.82 Å². The molecule has 1 aliphatic heterocycles. The van der Waals surface area contributed by atoms with E-state index in [1.54, 1.807) is 12.5 Å². The lowest BCUT2D eigenvalue weighted by Crippen LogP contribution is -2.48. The number of ether oxygens (including phenoxy) is 1. The fourth-order valence-electron chi connectivity index (χ4n) is 3.02. The van der Waals surface area contributed by atoms with Crippen LogP contribution in [0.25, 0.3) is 11.0 Å². The second-order valence-electron chi connectivity index (χ2n) is 5.70. The molecule has 0 amide bonds. The van der Waals surface area contributed by atoms with E-state index in [4.69, 9.17) is 4.74 Å². The Hall–Kier alpha value is -2.47. The van der Waals surface area contributed by atoms with E-state index in [1.807, 2.05) is 18.2 Å². The van der Waals surface area contributed by atoms with Crippen molar-refractivity contribution in [1.82, 2.24) is 20.2 Å². The van der Waals surface area contributed by atoms with E-state index < -0.39 is 0 Å². The molecule has 6 heteroatoms. The number of aromatic nitrogens is 4. The SMILES string of the molecule is CC1(c2ccccc2)CN(c2ncnc3[nH]ncc23)CCO1. The predicted octanol–water partition coefficient (Wildman–Crippen LogP) is 2.10. The van der Waals surface area contributed by atoms with Crippen molar-refractivity contribution < 1.29 is 4.74 Å². The molecule has 4 rings (SSSR count). The van der Waals surface area contributed by atoms with Gasteiger partial charge in [-0.05, 0) is 12.5 Å². The van der Waals surface area contributed by atoms with E-state index in [0.717, 1.165) is 29.9 Å². The fraction of sp³-hybridized carbons (Fsp3) is 0.312. The highest BCUT2D eigenvalue weighted by molar-refractivity contribution is 5.86. The molecule has 1 N–H and O–H groups in total. The Bertz CT molecular complexity index is 787. The highest BCUT2D eigenvalue weighted by Crippen LogP contribution is 2.32. The Labute approximate surface area is 128 Å². The molecule has 3 heterocycles. The molecule has 0 spiro atoms. The number of anilines is 1. The molecular weight excluding hydrogens is 278 g/mol. The minimum Gasteiger partial charge on any atom is -0.367 e. The van der Waals surface area contributed by atoms with Crippen LogP contribution in [0.15, 0.2) is 42.9 Å². The van der Waals surface area contributed by atoms with E-state index >= 15 is 0 Å². The molecular formula is C16H17N5O. The quantitative estimate of drug-likeness (QED) is 0.784. The zero-order chi connectivity index (χ0) is 15.0. The first-order chi connectivity index (χ1) is 10.8. The van der Waals surface area contributed by atoms with E-state index in [2.05, 4.69) is 44.1 Å². The Morgan fingerprint density at radius 1 is 1.23 bits per heavy atom. The fourth-order valence-corrected chi connectivity index (χ4v) is 3.02. The van der Waals surface area contributed by atoms with Crippen LogP contribution in [-0.4, -0.2) is 39.9 Å². The molecule has 2 aromatic heterocycles. The van der Waals surface area contributed by atoms with Crippen LogP contribution in [0.5, 0.6) is 0 Å². The second kappa shape index (κ2) is 5.06. The lowest BCUT2D eigenvalue weighted by molar-refractivity contribution is -0.0467. The molecule has 1 unspecified atom stereocenters. The average molecular weight is 295 g/mol. The molecule has 6 nitrogen and oxygen atoms in total. The topological polar surface area (TPSA) is 66.9 Å². The minimum absolute atomic E-state index is 0.347. The zero-order valence-electron chi connectivity index (χ0n) is 12.4. The van der Waals surface area contributed by atoms with Crippen LogP contribution in [0.1, 0.15) is 12.5 Å². The van der Waals surface area contributed by atoms with Crippen molar-refractivity contribution in [2.75, 3.05) is 24.6 Å². The lowest BCUT2D eigenvalue weighted by Gasteiger charge is -2.41. The molecule has 1 aromatic carbocycles. The van der Waals surface area contributed by atoms with Gasteiger partial charge < -0.3 is 9.64 Å². The van der Waals surface area contributed by atoms with Gasteiger partial charge in [0.1, 0.15) is 17.7 Å². The first kappa shape index (κ1) is 13.2. The van der Waals surface area contributed by atoms with Crippen molar-refractivity contribution >= 4 is 16.9 Å².